The molecule has 0 saturated carbocycles. The first-order valence-electron chi connectivity index (χ1n) is 10.8. The Kier molecular flexibility index (Phi) is 7.76. The fourth-order valence-electron chi connectivity index (χ4n) is 3.32. The summed E-state index contributed by atoms with van der Waals surface area (Å²) in [5.41, 5.74) is 2.39. The number of pyridine rings is 1. The minimum Gasteiger partial charge on any atom is -0.449 e. The Morgan fingerprint density at radius 1 is 1.16 bits per heavy atom. The molecular formula is C24H30N4O3. The van der Waals surface area contributed by atoms with Gasteiger partial charge in [0.15, 0.2) is 11.6 Å². The van der Waals surface area contributed by atoms with Crippen molar-refractivity contribution in [1.29, 1.82) is 0 Å². The predicted octanol–water partition coefficient (Wildman–Crippen LogP) is 5.38. The second-order valence-electron chi connectivity index (χ2n) is 8.05. The second-order valence-corrected chi connectivity index (χ2v) is 8.05. The van der Waals surface area contributed by atoms with Crippen LogP contribution in [0.25, 0.3) is 11.3 Å². The maximum atomic E-state index is 10.9. The summed E-state index contributed by atoms with van der Waals surface area (Å²) in [6.07, 6.45) is 5.37. The lowest BCUT2D eigenvalue weighted by molar-refractivity contribution is 0.144. The Hall–Kier alpha value is -3.22. The molecule has 0 aliphatic carbocycles. The fourth-order valence-corrected chi connectivity index (χ4v) is 3.32. The van der Waals surface area contributed by atoms with Crippen molar-refractivity contribution in [3.05, 3.63) is 59.8 Å². The van der Waals surface area contributed by atoms with E-state index >= 15 is 0 Å². The van der Waals surface area contributed by atoms with E-state index in [9.17, 15) is 4.79 Å². The number of hydrogen-bond acceptors (Lipinski definition) is 5. The third-order valence-corrected chi connectivity index (χ3v) is 5.02. The van der Waals surface area contributed by atoms with E-state index in [0.717, 1.165) is 54.9 Å². The first kappa shape index (κ1) is 22.5. The summed E-state index contributed by atoms with van der Waals surface area (Å²) in [4.78, 5) is 20.0. The number of carboxylic acid groups (broad SMARTS) is 1. The lowest BCUT2D eigenvalue weighted by atomic mass is 10.1. The van der Waals surface area contributed by atoms with E-state index in [1.54, 1.807) is 18.3 Å². The first-order valence-corrected chi connectivity index (χ1v) is 10.8. The number of nitrogens with zero attached hydrogens (tertiary/aromatic N) is 4. The minimum atomic E-state index is -1.36. The second kappa shape index (κ2) is 10.7. The summed E-state index contributed by atoms with van der Waals surface area (Å²) < 4.78 is 6.87. The number of unbranched alkanes of at least 4 members (excludes halogenated alkanes) is 1. The molecule has 0 fully saturated rings. The third-order valence-electron chi connectivity index (χ3n) is 5.02. The van der Waals surface area contributed by atoms with Crippen LogP contribution in [0.4, 0.5) is 4.79 Å². The van der Waals surface area contributed by atoms with Crippen molar-refractivity contribution in [1.82, 2.24) is 19.7 Å². The number of ether oxygens (including phenoxy) is 1. The number of carbonyl (C=O) groups is 1. The van der Waals surface area contributed by atoms with E-state index in [0.29, 0.717) is 18.2 Å². The number of rotatable bonds is 10. The van der Waals surface area contributed by atoms with Crippen molar-refractivity contribution >= 4 is 6.16 Å². The molecule has 0 bridgehead atoms. The molecule has 31 heavy (non-hydrogen) atoms. The van der Waals surface area contributed by atoms with Gasteiger partial charge in [-0.15, -0.1) is 0 Å². The molecule has 1 N–H and O–H groups in total. The van der Waals surface area contributed by atoms with Gasteiger partial charge in [0.25, 0.3) is 0 Å². The predicted molar refractivity (Wildman–Crippen MR) is 119 cm³/mol. The van der Waals surface area contributed by atoms with Crippen molar-refractivity contribution in [3.8, 4) is 17.0 Å². The smallest absolute Gasteiger partial charge is 0.449 e. The molecule has 1 aromatic carbocycles. The molecular weight excluding hydrogens is 392 g/mol. The van der Waals surface area contributed by atoms with Crippen LogP contribution < -0.4 is 4.74 Å². The molecule has 2 heterocycles. The third kappa shape index (κ3) is 6.38. The van der Waals surface area contributed by atoms with Crippen LogP contribution in [0.3, 0.4) is 0 Å². The largest absolute Gasteiger partial charge is 0.511 e. The lowest BCUT2D eigenvalue weighted by Crippen LogP contribution is -2.07. The molecule has 0 aliphatic rings. The molecule has 3 rings (SSSR count). The molecule has 0 unspecified atom stereocenters. The lowest BCUT2D eigenvalue weighted by Gasteiger charge is -2.09. The number of aromatic nitrogens is 4. The van der Waals surface area contributed by atoms with Crippen LogP contribution in [0.15, 0.2) is 42.6 Å². The Morgan fingerprint density at radius 3 is 2.61 bits per heavy atom. The van der Waals surface area contributed by atoms with Gasteiger partial charge in [0.05, 0.1) is 6.54 Å². The van der Waals surface area contributed by atoms with E-state index in [-0.39, 0.29) is 5.75 Å². The van der Waals surface area contributed by atoms with Gasteiger partial charge < -0.3 is 9.84 Å². The summed E-state index contributed by atoms with van der Waals surface area (Å²) in [6, 6.07) is 11.1. The summed E-state index contributed by atoms with van der Waals surface area (Å²) >= 11 is 0. The van der Waals surface area contributed by atoms with Crippen molar-refractivity contribution < 1.29 is 14.6 Å². The van der Waals surface area contributed by atoms with Crippen molar-refractivity contribution in [2.45, 2.75) is 59.4 Å². The summed E-state index contributed by atoms with van der Waals surface area (Å²) in [5, 5.41) is 13.7. The van der Waals surface area contributed by atoms with Crippen LogP contribution in [0.1, 0.15) is 57.2 Å². The Balaban J connectivity index is 1.78. The standard InChI is InChI=1S/C24H30N4O3/c1-4-5-8-22-26-21(14-9-17(2)3)27-28(22)16-18-10-12-19(13-11-18)23-20(31-24(29)30)7-6-15-25-23/h6-7,10-13,15,17H,4-5,8-9,14,16H2,1-3H3,(H,29,30). The zero-order valence-corrected chi connectivity index (χ0v) is 18.4. The molecule has 0 atom stereocenters. The normalized spacial score (nSPS) is 11.1. The molecule has 7 nitrogen and oxygen atoms in total. The summed E-state index contributed by atoms with van der Waals surface area (Å²) in [6.45, 7) is 7.25. The van der Waals surface area contributed by atoms with Gasteiger partial charge >= 0.3 is 6.16 Å². The Bertz CT molecular complexity index is 996. The van der Waals surface area contributed by atoms with Crippen molar-refractivity contribution in [3.63, 3.8) is 0 Å². The zero-order valence-electron chi connectivity index (χ0n) is 18.4. The summed E-state index contributed by atoms with van der Waals surface area (Å²) in [5.74, 6) is 2.79. The molecule has 0 aliphatic heterocycles. The van der Waals surface area contributed by atoms with Crippen LogP contribution in [-0.4, -0.2) is 31.0 Å². The van der Waals surface area contributed by atoms with Crippen LogP contribution in [0.5, 0.6) is 5.75 Å². The fraction of sp³-hybridized carbons (Fsp3) is 0.417. The van der Waals surface area contributed by atoms with Gasteiger partial charge in [-0.2, -0.15) is 5.10 Å². The van der Waals surface area contributed by atoms with Crippen molar-refractivity contribution in [2.75, 3.05) is 0 Å². The van der Waals surface area contributed by atoms with Crippen LogP contribution in [-0.2, 0) is 19.4 Å². The molecule has 7 heteroatoms. The van der Waals surface area contributed by atoms with Crippen molar-refractivity contribution in [2.24, 2.45) is 5.92 Å². The van der Waals surface area contributed by atoms with Gasteiger partial charge in [-0.1, -0.05) is 51.5 Å². The Labute approximate surface area is 183 Å². The maximum Gasteiger partial charge on any atom is 0.511 e. The van der Waals surface area contributed by atoms with E-state index in [4.69, 9.17) is 19.9 Å². The van der Waals surface area contributed by atoms with Gasteiger partial charge in [0.1, 0.15) is 11.5 Å². The van der Waals surface area contributed by atoms with E-state index in [1.165, 1.54) is 0 Å². The van der Waals surface area contributed by atoms with Crippen LogP contribution in [0, 0.1) is 5.92 Å². The van der Waals surface area contributed by atoms with E-state index in [1.807, 2.05) is 28.9 Å². The van der Waals surface area contributed by atoms with Gasteiger partial charge in [-0.25, -0.2) is 14.5 Å². The van der Waals surface area contributed by atoms with Gasteiger partial charge in [-0.3, -0.25) is 4.98 Å². The van der Waals surface area contributed by atoms with Gasteiger partial charge in [0, 0.05) is 24.6 Å². The van der Waals surface area contributed by atoms with E-state index in [2.05, 4.69) is 25.8 Å². The van der Waals surface area contributed by atoms with Gasteiger partial charge in [0.2, 0.25) is 0 Å². The number of hydrogen-bond donors (Lipinski definition) is 1. The molecule has 0 radical (unpaired) electrons. The SMILES string of the molecule is CCCCc1nc(CCC(C)C)nn1Cc1ccc(-c2ncccc2OC(=O)O)cc1. The maximum absolute atomic E-state index is 10.9. The van der Waals surface area contributed by atoms with Gasteiger partial charge in [-0.05, 0) is 36.5 Å². The molecule has 3 aromatic rings. The highest BCUT2D eigenvalue weighted by molar-refractivity contribution is 5.71. The highest BCUT2D eigenvalue weighted by atomic mass is 16.7. The molecule has 0 saturated heterocycles. The zero-order chi connectivity index (χ0) is 22.2. The highest BCUT2D eigenvalue weighted by Crippen LogP contribution is 2.28. The van der Waals surface area contributed by atoms with E-state index < -0.39 is 6.16 Å². The summed E-state index contributed by atoms with van der Waals surface area (Å²) in [7, 11) is 0. The number of aryl methyl sites for hydroxylation is 2. The quantitative estimate of drug-likeness (QED) is 0.441. The van der Waals surface area contributed by atoms with Crippen LogP contribution in [0.2, 0.25) is 0 Å². The average Bonchev–Trinajstić information content (AvgIpc) is 3.13. The van der Waals surface area contributed by atoms with Crippen LogP contribution >= 0.6 is 0 Å². The first-order chi connectivity index (χ1) is 15.0. The topological polar surface area (TPSA) is 90.1 Å². The molecule has 164 valence electrons. The highest BCUT2D eigenvalue weighted by Gasteiger charge is 2.13. The molecule has 0 amide bonds. The average molecular weight is 423 g/mol. The molecule has 2 aromatic heterocycles. The molecule has 0 spiro atoms. The monoisotopic (exact) mass is 422 g/mol. The number of benzene rings is 1. The Morgan fingerprint density at radius 2 is 1.94 bits per heavy atom. The minimum absolute atomic E-state index is 0.218.